The summed E-state index contributed by atoms with van der Waals surface area (Å²) in [4.78, 5) is 14.6. The van der Waals surface area contributed by atoms with E-state index in [1.807, 2.05) is 40.9 Å². The highest BCUT2D eigenvalue weighted by Gasteiger charge is 2.31. The van der Waals surface area contributed by atoms with Crippen molar-refractivity contribution in [3.63, 3.8) is 0 Å². The second-order valence-corrected chi connectivity index (χ2v) is 6.76. The Balaban J connectivity index is 1.71. The van der Waals surface area contributed by atoms with E-state index in [2.05, 4.69) is 5.32 Å². The van der Waals surface area contributed by atoms with E-state index in [9.17, 15) is 4.79 Å². The summed E-state index contributed by atoms with van der Waals surface area (Å²) in [5.41, 5.74) is 0.937. The number of anilines is 1. The Morgan fingerprint density at radius 2 is 2.29 bits per heavy atom. The monoisotopic (exact) mass is 306 g/mol. The molecule has 2 atom stereocenters. The largest absolute Gasteiger partial charge is 0.497 e. The summed E-state index contributed by atoms with van der Waals surface area (Å²) in [5.74, 6) is 3.33. The Labute approximate surface area is 130 Å². The number of nitrogens with zero attached hydrogens (tertiary/aromatic N) is 1. The Hall–Kier alpha value is -1.20. The van der Waals surface area contributed by atoms with Crippen LogP contribution < -0.4 is 15.0 Å². The molecule has 0 bridgehead atoms. The van der Waals surface area contributed by atoms with Crippen molar-refractivity contribution in [2.24, 2.45) is 0 Å². The highest BCUT2D eigenvalue weighted by Crippen LogP contribution is 2.26. The van der Waals surface area contributed by atoms with Crippen molar-refractivity contribution in [3.8, 4) is 5.75 Å². The maximum absolute atomic E-state index is 12.7. The van der Waals surface area contributed by atoms with Crippen LogP contribution in [0.2, 0.25) is 0 Å². The fourth-order valence-electron chi connectivity index (χ4n) is 3.02. The summed E-state index contributed by atoms with van der Waals surface area (Å²) in [6.45, 7) is 0.795. The molecule has 1 N–H and O–H groups in total. The number of methoxy groups -OCH3 is 1. The molecule has 2 aliphatic heterocycles. The number of carbonyl (C=O) groups excluding carboxylic acids is 1. The van der Waals surface area contributed by atoms with Gasteiger partial charge in [0.05, 0.1) is 13.2 Å². The van der Waals surface area contributed by atoms with Crippen LogP contribution in [0.4, 0.5) is 5.69 Å². The van der Waals surface area contributed by atoms with Gasteiger partial charge in [0, 0.05) is 30.1 Å². The number of benzene rings is 1. The van der Waals surface area contributed by atoms with Gasteiger partial charge >= 0.3 is 0 Å². The fourth-order valence-corrected chi connectivity index (χ4v) is 4.18. The van der Waals surface area contributed by atoms with Gasteiger partial charge in [-0.3, -0.25) is 4.79 Å². The lowest BCUT2D eigenvalue weighted by atomic mass is 10.0. The number of rotatable bonds is 4. The molecule has 2 fully saturated rings. The molecule has 0 aliphatic carbocycles. The molecule has 5 heteroatoms. The summed E-state index contributed by atoms with van der Waals surface area (Å²) >= 11 is 1.97. The average Bonchev–Trinajstić information content (AvgIpc) is 3.02. The van der Waals surface area contributed by atoms with Crippen molar-refractivity contribution in [1.29, 1.82) is 0 Å². The number of piperidine rings is 1. The molecule has 0 spiro atoms. The van der Waals surface area contributed by atoms with E-state index in [1.165, 1.54) is 12.2 Å². The molecule has 4 nitrogen and oxygen atoms in total. The Morgan fingerprint density at radius 1 is 1.38 bits per heavy atom. The molecular formula is C16H22N2O2S. The lowest BCUT2D eigenvalue weighted by molar-refractivity contribution is -0.121. The third-order valence-corrected chi connectivity index (χ3v) is 5.33. The van der Waals surface area contributed by atoms with Crippen LogP contribution in [0, 0.1) is 0 Å². The Morgan fingerprint density at radius 3 is 3.05 bits per heavy atom. The minimum atomic E-state index is -0.0337. The van der Waals surface area contributed by atoms with Crippen LogP contribution in [-0.4, -0.2) is 43.2 Å². The number of nitrogens with one attached hydrogen (secondary N) is 1. The zero-order valence-corrected chi connectivity index (χ0v) is 13.2. The second kappa shape index (κ2) is 6.71. The fraction of sp³-hybridized carbons (Fsp3) is 0.562. The second-order valence-electron chi connectivity index (χ2n) is 5.61. The van der Waals surface area contributed by atoms with Crippen molar-refractivity contribution in [1.82, 2.24) is 5.32 Å². The van der Waals surface area contributed by atoms with Crippen molar-refractivity contribution < 1.29 is 9.53 Å². The first-order chi connectivity index (χ1) is 10.3. The number of amides is 1. The Bertz CT molecular complexity index is 503. The number of ether oxygens (including phenoxy) is 1. The Kier molecular flexibility index (Phi) is 4.70. The third kappa shape index (κ3) is 3.35. The molecule has 0 unspecified atom stereocenters. The summed E-state index contributed by atoms with van der Waals surface area (Å²) in [7, 11) is 1.65. The van der Waals surface area contributed by atoms with Gasteiger partial charge in [0.2, 0.25) is 5.91 Å². The van der Waals surface area contributed by atoms with Gasteiger partial charge in [0.1, 0.15) is 5.75 Å². The van der Waals surface area contributed by atoms with E-state index in [1.54, 1.807) is 7.11 Å². The van der Waals surface area contributed by atoms with Crippen molar-refractivity contribution in [3.05, 3.63) is 24.3 Å². The molecule has 1 aromatic rings. The highest BCUT2D eigenvalue weighted by molar-refractivity contribution is 7.99. The normalized spacial score (nSPS) is 26.1. The smallest absolute Gasteiger partial charge is 0.244 e. The first kappa shape index (κ1) is 14.7. The zero-order valence-electron chi connectivity index (χ0n) is 12.4. The first-order valence-corrected chi connectivity index (χ1v) is 8.72. The summed E-state index contributed by atoms with van der Waals surface area (Å²) < 4.78 is 5.26. The lowest BCUT2D eigenvalue weighted by Gasteiger charge is -2.34. The molecule has 0 aromatic heterocycles. The molecule has 2 saturated heterocycles. The molecule has 0 saturated carbocycles. The summed E-state index contributed by atoms with van der Waals surface area (Å²) in [5, 5.41) is 3.55. The predicted octanol–water partition coefficient (Wildman–Crippen LogP) is 2.29. The van der Waals surface area contributed by atoms with Crippen LogP contribution in [0.1, 0.15) is 19.3 Å². The van der Waals surface area contributed by atoms with Crippen LogP contribution in [0.5, 0.6) is 5.75 Å². The van der Waals surface area contributed by atoms with Crippen LogP contribution in [0.15, 0.2) is 24.3 Å². The predicted molar refractivity (Wildman–Crippen MR) is 87.2 cm³/mol. The van der Waals surface area contributed by atoms with E-state index >= 15 is 0 Å². The van der Waals surface area contributed by atoms with E-state index in [0.29, 0.717) is 6.04 Å². The maximum Gasteiger partial charge on any atom is 0.244 e. The van der Waals surface area contributed by atoms with Crippen molar-refractivity contribution >= 4 is 23.4 Å². The molecule has 114 valence electrons. The molecular weight excluding hydrogens is 284 g/mol. The SMILES string of the molecule is COc1cccc(N2CCC[C@H](N[C@H]3CCSC3)C2=O)c1. The summed E-state index contributed by atoms with van der Waals surface area (Å²) in [6.07, 6.45) is 3.16. The van der Waals surface area contributed by atoms with E-state index < -0.39 is 0 Å². The molecule has 2 heterocycles. The quantitative estimate of drug-likeness (QED) is 0.927. The van der Waals surface area contributed by atoms with E-state index in [4.69, 9.17) is 4.74 Å². The van der Waals surface area contributed by atoms with Crippen LogP contribution in [-0.2, 0) is 4.79 Å². The molecule has 21 heavy (non-hydrogen) atoms. The maximum atomic E-state index is 12.7. The zero-order chi connectivity index (χ0) is 14.7. The van der Waals surface area contributed by atoms with Crippen LogP contribution >= 0.6 is 11.8 Å². The topological polar surface area (TPSA) is 41.6 Å². The molecule has 0 radical (unpaired) electrons. The van der Waals surface area contributed by atoms with E-state index in [0.717, 1.165) is 36.6 Å². The molecule has 3 rings (SSSR count). The molecule has 2 aliphatic rings. The van der Waals surface area contributed by atoms with E-state index in [-0.39, 0.29) is 11.9 Å². The molecule has 1 aromatic carbocycles. The number of carbonyl (C=O) groups is 1. The van der Waals surface area contributed by atoms with Gasteiger partial charge in [-0.15, -0.1) is 0 Å². The standard InChI is InChI=1S/C16H22N2O2S/c1-20-14-5-2-4-13(10-14)18-8-3-6-15(16(18)19)17-12-7-9-21-11-12/h2,4-5,10,12,15,17H,3,6-9,11H2,1H3/t12-,15-/m0/s1. The van der Waals surface area contributed by atoms with Crippen molar-refractivity contribution in [2.45, 2.75) is 31.3 Å². The van der Waals surface area contributed by atoms with Gasteiger partial charge in [0.15, 0.2) is 0 Å². The number of hydrogen-bond donors (Lipinski definition) is 1. The first-order valence-electron chi connectivity index (χ1n) is 7.57. The van der Waals surface area contributed by atoms with Gasteiger partial charge in [0.25, 0.3) is 0 Å². The summed E-state index contributed by atoms with van der Waals surface area (Å²) in [6, 6.07) is 8.22. The van der Waals surface area contributed by atoms with Gasteiger partial charge < -0.3 is 15.0 Å². The van der Waals surface area contributed by atoms with Gasteiger partial charge in [-0.2, -0.15) is 11.8 Å². The third-order valence-electron chi connectivity index (χ3n) is 4.17. The van der Waals surface area contributed by atoms with Gasteiger partial charge in [-0.05, 0) is 37.1 Å². The van der Waals surface area contributed by atoms with Crippen LogP contribution in [0.3, 0.4) is 0 Å². The average molecular weight is 306 g/mol. The van der Waals surface area contributed by atoms with Gasteiger partial charge in [-0.1, -0.05) is 6.07 Å². The van der Waals surface area contributed by atoms with Crippen molar-refractivity contribution in [2.75, 3.05) is 30.1 Å². The highest BCUT2D eigenvalue weighted by atomic mass is 32.2. The minimum absolute atomic E-state index is 0.0337. The lowest BCUT2D eigenvalue weighted by Crippen LogP contribution is -2.53. The molecule has 1 amide bonds. The number of thioether (sulfide) groups is 1. The number of hydrogen-bond acceptors (Lipinski definition) is 4. The van der Waals surface area contributed by atoms with Gasteiger partial charge in [-0.25, -0.2) is 0 Å². The van der Waals surface area contributed by atoms with Crippen LogP contribution in [0.25, 0.3) is 0 Å². The minimum Gasteiger partial charge on any atom is -0.497 e.